The number of nitrogens with zero attached hydrogens (tertiary/aromatic N) is 1. The van der Waals surface area contributed by atoms with Gasteiger partial charge < -0.3 is 10.1 Å². The van der Waals surface area contributed by atoms with Gasteiger partial charge in [-0.2, -0.15) is 0 Å². The van der Waals surface area contributed by atoms with E-state index in [0.717, 1.165) is 16.0 Å². The van der Waals surface area contributed by atoms with E-state index in [1.807, 2.05) is 32.0 Å². The molecular formula is C25H20Cl2N2O3. The second-order valence-electron chi connectivity index (χ2n) is 7.46. The number of ether oxygens (including phenoxy) is 1. The molecule has 1 aliphatic heterocycles. The minimum Gasteiger partial charge on any atom is -0.495 e. The summed E-state index contributed by atoms with van der Waals surface area (Å²) in [5.41, 5.74) is 3.97. The molecule has 2 amide bonds. The second-order valence-corrected chi connectivity index (χ2v) is 8.33. The summed E-state index contributed by atoms with van der Waals surface area (Å²) in [6.45, 7) is 3.89. The third-order valence-corrected chi connectivity index (χ3v) is 5.73. The number of amides is 2. The van der Waals surface area contributed by atoms with Gasteiger partial charge in [-0.25, -0.2) is 4.90 Å². The van der Waals surface area contributed by atoms with Crippen molar-refractivity contribution < 1.29 is 14.3 Å². The van der Waals surface area contributed by atoms with Gasteiger partial charge in [0.15, 0.2) is 0 Å². The van der Waals surface area contributed by atoms with E-state index in [1.54, 1.807) is 42.5 Å². The first kappa shape index (κ1) is 21.9. The van der Waals surface area contributed by atoms with E-state index in [4.69, 9.17) is 27.9 Å². The Morgan fingerprint density at radius 2 is 1.53 bits per heavy atom. The van der Waals surface area contributed by atoms with Crippen LogP contribution in [-0.4, -0.2) is 18.9 Å². The number of aryl methyl sites for hydroxylation is 2. The van der Waals surface area contributed by atoms with Crippen molar-refractivity contribution >= 4 is 52.0 Å². The number of carbonyl (C=O) groups is 2. The van der Waals surface area contributed by atoms with Crippen LogP contribution in [0.1, 0.15) is 16.7 Å². The van der Waals surface area contributed by atoms with Gasteiger partial charge in [-0.1, -0.05) is 47.0 Å². The first-order valence-electron chi connectivity index (χ1n) is 9.87. The lowest BCUT2D eigenvalue weighted by Crippen LogP contribution is -2.32. The monoisotopic (exact) mass is 466 g/mol. The average Bonchev–Trinajstić information content (AvgIpc) is 2.99. The Morgan fingerprint density at radius 1 is 0.844 bits per heavy atom. The van der Waals surface area contributed by atoms with Crippen LogP contribution in [-0.2, 0) is 9.59 Å². The van der Waals surface area contributed by atoms with Crippen LogP contribution in [0.15, 0.2) is 66.4 Å². The summed E-state index contributed by atoms with van der Waals surface area (Å²) in [4.78, 5) is 28.3. The maximum Gasteiger partial charge on any atom is 0.282 e. The Morgan fingerprint density at radius 3 is 2.19 bits per heavy atom. The quantitative estimate of drug-likeness (QED) is 0.467. The molecule has 4 rings (SSSR count). The zero-order chi connectivity index (χ0) is 23.0. The summed E-state index contributed by atoms with van der Waals surface area (Å²) in [5, 5.41) is 4.09. The van der Waals surface area contributed by atoms with E-state index < -0.39 is 11.8 Å². The largest absolute Gasteiger partial charge is 0.495 e. The molecule has 3 aromatic carbocycles. The van der Waals surface area contributed by atoms with Crippen molar-refractivity contribution in [3.05, 3.63) is 93.1 Å². The molecule has 1 N–H and O–H groups in total. The van der Waals surface area contributed by atoms with Gasteiger partial charge in [0, 0.05) is 10.0 Å². The molecule has 0 saturated carbocycles. The van der Waals surface area contributed by atoms with Crippen molar-refractivity contribution in [1.29, 1.82) is 0 Å². The summed E-state index contributed by atoms with van der Waals surface area (Å²) in [6.07, 6.45) is 0. The predicted molar refractivity (Wildman–Crippen MR) is 128 cm³/mol. The van der Waals surface area contributed by atoms with Crippen LogP contribution in [0, 0.1) is 13.8 Å². The van der Waals surface area contributed by atoms with Crippen LogP contribution in [0.5, 0.6) is 5.75 Å². The lowest BCUT2D eigenvalue weighted by atomic mass is 9.97. The molecule has 0 atom stereocenters. The van der Waals surface area contributed by atoms with Crippen LogP contribution < -0.4 is 15.0 Å². The van der Waals surface area contributed by atoms with Gasteiger partial charge in [0.05, 0.1) is 24.1 Å². The van der Waals surface area contributed by atoms with Gasteiger partial charge in [0.1, 0.15) is 11.4 Å². The molecule has 0 aliphatic carbocycles. The topological polar surface area (TPSA) is 58.6 Å². The lowest BCUT2D eigenvalue weighted by molar-refractivity contribution is -0.120. The Labute approximate surface area is 196 Å². The fourth-order valence-electron chi connectivity index (χ4n) is 3.73. The number of carbonyl (C=O) groups excluding carboxylic acids is 2. The number of hydrogen-bond donors (Lipinski definition) is 1. The molecule has 7 heteroatoms. The fraction of sp³-hybridized carbons (Fsp3) is 0.120. The third kappa shape index (κ3) is 3.97. The third-order valence-electron chi connectivity index (χ3n) is 5.24. The minimum absolute atomic E-state index is 0.150. The highest BCUT2D eigenvalue weighted by molar-refractivity contribution is 6.46. The first-order valence-corrected chi connectivity index (χ1v) is 10.6. The number of methoxy groups -OCH3 is 1. The van der Waals surface area contributed by atoms with Crippen molar-refractivity contribution in [2.75, 3.05) is 17.3 Å². The van der Waals surface area contributed by atoms with Gasteiger partial charge in [-0.05, 0) is 67.4 Å². The van der Waals surface area contributed by atoms with Crippen molar-refractivity contribution in [3.8, 4) is 5.75 Å². The van der Waals surface area contributed by atoms with Crippen molar-refractivity contribution in [2.45, 2.75) is 13.8 Å². The van der Waals surface area contributed by atoms with Crippen molar-refractivity contribution in [3.63, 3.8) is 0 Å². The van der Waals surface area contributed by atoms with Crippen LogP contribution in [0.4, 0.5) is 11.4 Å². The molecule has 0 radical (unpaired) electrons. The van der Waals surface area contributed by atoms with E-state index in [-0.39, 0.29) is 11.3 Å². The first-order chi connectivity index (χ1) is 15.3. The number of nitrogens with one attached hydrogen (secondary N) is 1. The maximum absolute atomic E-state index is 13.6. The molecule has 1 heterocycles. The fourth-order valence-corrected chi connectivity index (χ4v) is 4.02. The zero-order valence-corrected chi connectivity index (χ0v) is 19.2. The van der Waals surface area contributed by atoms with Crippen molar-refractivity contribution in [2.24, 2.45) is 0 Å². The van der Waals surface area contributed by atoms with E-state index in [0.29, 0.717) is 32.7 Å². The smallest absolute Gasteiger partial charge is 0.282 e. The van der Waals surface area contributed by atoms with Crippen LogP contribution in [0.25, 0.3) is 5.57 Å². The number of rotatable bonds is 5. The van der Waals surface area contributed by atoms with Crippen molar-refractivity contribution in [1.82, 2.24) is 0 Å². The summed E-state index contributed by atoms with van der Waals surface area (Å²) >= 11 is 12.2. The average molecular weight is 467 g/mol. The predicted octanol–water partition coefficient (Wildman–Crippen LogP) is 6.02. The molecule has 0 spiro atoms. The number of halogens is 2. The standard InChI is InChI=1S/C25H20Cl2N2O3/c1-14-4-10-19(15(2)12-14)22-23(28-20-13-17(27)7-11-21(20)32-3)25(31)29(24(22)30)18-8-5-16(26)6-9-18/h4-13,28H,1-3H3. The van der Waals surface area contributed by atoms with Gasteiger partial charge in [0.2, 0.25) is 0 Å². The summed E-state index contributed by atoms with van der Waals surface area (Å²) in [7, 11) is 1.52. The van der Waals surface area contributed by atoms with Gasteiger partial charge >= 0.3 is 0 Å². The molecule has 162 valence electrons. The molecule has 3 aromatic rings. The highest BCUT2D eigenvalue weighted by Gasteiger charge is 2.41. The van der Waals surface area contributed by atoms with Crippen LogP contribution >= 0.6 is 23.2 Å². The molecule has 5 nitrogen and oxygen atoms in total. The lowest BCUT2D eigenvalue weighted by Gasteiger charge is -2.16. The summed E-state index contributed by atoms with van der Waals surface area (Å²) < 4.78 is 5.41. The van der Waals surface area contributed by atoms with E-state index in [1.165, 1.54) is 7.11 Å². The van der Waals surface area contributed by atoms with E-state index >= 15 is 0 Å². The van der Waals surface area contributed by atoms with Crippen LogP contribution in [0.2, 0.25) is 10.0 Å². The van der Waals surface area contributed by atoms with Gasteiger partial charge in [-0.3, -0.25) is 9.59 Å². The molecule has 0 bridgehead atoms. The Hall–Kier alpha value is -3.28. The molecule has 0 aromatic heterocycles. The van der Waals surface area contributed by atoms with E-state index in [2.05, 4.69) is 5.32 Å². The molecular weight excluding hydrogens is 447 g/mol. The molecule has 0 fully saturated rings. The number of hydrogen-bond acceptors (Lipinski definition) is 4. The highest BCUT2D eigenvalue weighted by Crippen LogP contribution is 2.37. The second kappa shape index (κ2) is 8.69. The number of anilines is 2. The summed E-state index contributed by atoms with van der Waals surface area (Å²) in [6, 6.07) is 17.3. The molecule has 0 unspecified atom stereocenters. The molecule has 1 aliphatic rings. The highest BCUT2D eigenvalue weighted by atomic mass is 35.5. The Bertz CT molecular complexity index is 1270. The number of benzene rings is 3. The SMILES string of the molecule is COc1ccc(Cl)cc1NC1=C(c2ccc(C)cc2C)C(=O)N(c2ccc(Cl)cc2)C1=O. The number of imide groups is 1. The molecule has 0 saturated heterocycles. The summed E-state index contributed by atoms with van der Waals surface area (Å²) in [5.74, 6) is -0.408. The Balaban J connectivity index is 1.88. The van der Waals surface area contributed by atoms with E-state index in [9.17, 15) is 9.59 Å². The molecule has 32 heavy (non-hydrogen) atoms. The van der Waals surface area contributed by atoms with Gasteiger partial charge in [0.25, 0.3) is 11.8 Å². The normalized spacial score (nSPS) is 13.7. The maximum atomic E-state index is 13.6. The van der Waals surface area contributed by atoms with Gasteiger partial charge in [-0.15, -0.1) is 0 Å². The van der Waals surface area contributed by atoms with Crippen LogP contribution in [0.3, 0.4) is 0 Å². The Kier molecular flexibility index (Phi) is 5.96. The minimum atomic E-state index is -0.477. The zero-order valence-electron chi connectivity index (χ0n) is 17.7.